The Labute approximate surface area is 116 Å². The Hall–Kier alpha value is -1.95. The molecule has 1 aromatic carbocycles. The van der Waals surface area contributed by atoms with Crippen molar-refractivity contribution in [2.24, 2.45) is 0 Å². The number of hydrogen-bond acceptors (Lipinski definition) is 3. The summed E-state index contributed by atoms with van der Waals surface area (Å²) >= 11 is 0. The van der Waals surface area contributed by atoms with Crippen LogP contribution in [0.4, 0.5) is 4.39 Å². The monoisotopic (exact) mass is 276 g/mol. The first-order valence-corrected chi connectivity index (χ1v) is 6.68. The number of nitrogens with one attached hydrogen (secondary N) is 1. The van der Waals surface area contributed by atoms with E-state index >= 15 is 0 Å². The molecule has 1 unspecified atom stereocenters. The van der Waals surface area contributed by atoms with Gasteiger partial charge in [0.25, 0.3) is 5.91 Å². The third-order valence-electron chi connectivity index (χ3n) is 3.81. The molecule has 0 bridgehead atoms. The van der Waals surface area contributed by atoms with Crippen molar-refractivity contribution in [2.45, 2.75) is 13.0 Å². The van der Waals surface area contributed by atoms with Crippen LogP contribution >= 0.6 is 0 Å². The lowest BCUT2D eigenvalue weighted by Crippen LogP contribution is -2.52. The fourth-order valence-corrected chi connectivity index (χ4v) is 2.77. The highest BCUT2D eigenvalue weighted by Crippen LogP contribution is 2.21. The molecule has 5 nitrogen and oxygen atoms in total. The quantitative estimate of drug-likeness (QED) is 0.858. The van der Waals surface area contributed by atoms with Gasteiger partial charge in [-0.1, -0.05) is 0 Å². The second kappa shape index (κ2) is 4.86. The molecule has 6 heteroatoms. The van der Waals surface area contributed by atoms with Gasteiger partial charge in [-0.2, -0.15) is 0 Å². The number of rotatable bonds is 1. The van der Waals surface area contributed by atoms with E-state index in [1.54, 1.807) is 4.90 Å². The number of hydrogen-bond donors (Lipinski definition) is 1. The molecule has 0 aliphatic carbocycles. The summed E-state index contributed by atoms with van der Waals surface area (Å²) in [5.74, 6) is -0.575. The average molecular weight is 276 g/mol. The molecule has 1 aliphatic rings. The third kappa shape index (κ3) is 2.16. The van der Waals surface area contributed by atoms with Gasteiger partial charge in [-0.15, -0.1) is 0 Å². The van der Waals surface area contributed by atoms with Crippen molar-refractivity contribution in [3.8, 4) is 0 Å². The van der Waals surface area contributed by atoms with Crippen LogP contribution in [0.2, 0.25) is 0 Å². The number of carbonyl (C=O) groups is 1. The zero-order chi connectivity index (χ0) is 14.3. The molecule has 2 aromatic rings. The molecule has 1 fully saturated rings. The Morgan fingerprint density at radius 3 is 3.00 bits per heavy atom. The number of benzene rings is 1. The van der Waals surface area contributed by atoms with Crippen LogP contribution in [0, 0.1) is 5.82 Å². The Morgan fingerprint density at radius 1 is 1.45 bits per heavy atom. The van der Waals surface area contributed by atoms with E-state index in [9.17, 15) is 9.18 Å². The summed E-state index contributed by atoms with van der Waals surface area (Å²) in [4.78, 5) is 23.6. The highest BCUT2D eigenvalue weighted by atomic mass is 19.1. The normalized spacial score (nSPS) is 20.6. The van der Waals surface area contributed by atoms with Crippen LogP contribution in [0.1, 0.15) is 17.3 Å². The molecule has 3 rings (SSSR count). The van der Waals surface area contributed by atoms with Gasteiger partial charge in [0.05, 0.1) is 17.4 Å². The zero-order valence-electron chi connectivity index (χ0n) is 11.6. The number of H-pyrrole nitrogens is 1. The van der Waals surface area contributed by atoms with Crippen molar-refractivity contribution in [1.29, 1.82) is 0 Å². The molecule has 1 N–H and O–H groups in total. The standard InChI is InChI=1S/C14H17FN4O/c1-9-7-18(2)3-4-19(9)14(20)11-5-10(15)6-12-13(11)17-8-16-12/h5-6,8-9H,3-4,7H2,1-2H3,(H,16,17). The number of carbonyl (C=O) groups excluding carboxylic acids is 1. The van der Waals surface area contributed by atoms with Crippen molar-refractivity contribution >= 4 is 16.9 Å². The minimum absolute atomic E-state index is 0.110. The first-order chi connectivity index (χ1) is 9.56. The molecule has 0 saturated carbocycles. The number of amides is 1. The van der Waals surface area contributed by atoms with Gasteiger partial charge in [0.1, 0.15) is 11.3 Å². The topological polar surface area (TPSA) is 52.2 Å². The van der Waals surface area contributed by atoms with Crippen LogP contribution in [0.15, 0.2) is 18.5 Å². The number of fused-ring (bicyclic) bond motifs is 1. The average Bonchev–Trinajstić information content (AvgIpc) is 2.85. The van der Waals surface area contributed by atoms with Crippen LogP contribution in [0.3, 0.4) is 0 Å². The Kier molecular flexibility index (Phi) is 3.17. The molecular weight excluding hydrogens is 259 g/mol. The number of nitrogens with zero attached hydrogens (tertiary/aromatic N) is 3. The number of likely N-dealkylation sites (N-methyl/N-ethyl adjacent to an activating group) is 1. The number of aromatic amines is 1. The minimum atomic E-state index is -0.424. The number of piperazine rings is 1. The van der Waals surface area contributed by atoms with Gasteiger partial charge in [0.2, 0.25) is 0 Å². The molecule has 1 saturated heterocycles. The first kappa shape index (κ1) is 13.1. The summed E-state index contributed by atoms with van der Waals surface area (Å²) in [6, 6.07) is 2.74. The van der Waals surface area contributed by atoms with Crippen molar-refractivity contribution < 1.29 is 9.18 Å². The van der Waals surface area contributed by atoms with Gasteiger partial charge in [-0.3, -0.25) is 4.79 Å². The van der Waals surface area contributed by atoms with Gasteiger partial charge in [-0.25, -0.2) is 9.37 Å². The molecule has 0 radical (unpaired) electrons. The van der Waals surface area contributed by atoms with Gasteiger partial charge >= 0.3 is 0 Å². The van der Waals surface area contributed by atoms with E-state index in [-0.39, 0.29) is 11.9 Å². The molecule has 106 valence electrons. The Balaban J connectivity index is 1.98. The summed E-state index contributed by atoms with van der Waals surface area (Å²) in [6.45, 7) is 4.31. The van der Waals surface area contributed by atoms with Gasteiger partial charge in [-0.05, 0) is 26.1 Å². The lowest BCUT2D eigenvalue weighted by Gasteiger charge is -2.38. The van der Waals surface area contributed by atoms with Crippen LogP contribution in [-0.2, 0) is 0 Å². The smallest absolute Gasteiger partial charge is 0.256 e. The highest BCUT2D eigenvalue weighted by Gasteiger charge is 2.28. The predicted molar refractivity (Wildman–Crippen MR) is 74.0 cm³/mol. The van der Waals surface area contributed by atoms with E-state index in [2.05, 4.69) is 14.9 Å². The van der Waals surface area contributed by atoms with E-state index < -0.39 is 5.82 Å². The molecule has 1 amide bonds. The summed E-state index contributed by atoms with van der Waals surface area (Å²) in [6.07, 6.45) is 1.48. The lowest BCUT2D eigenvalue weighted by atomic mass is 10.1. The molecule has 1 aromatic heterocycles. The van der Waals surface area contributed by atoms with E-state index in [1.807, 2.05) is 14.0 Å². The number of aromatic nitrogens is 2. The van der Waals surface area contributed by atoms with Crippen molar-refractivity contribution in [3.63, 3.8) is 0 Å². The summed E-state index contributed by atoms with van der Waals surface area (Å²) < 4.78 is 13.6. The van der Waals surface area contributed by atoms with E-state index in [4.69, 9.17) is 0 Å². The number of imidazole rings is 1. The maximum Gasteiger partial charge on any atom is 0.256 e. The van der Waals surface area contributed by atoms with Crippen LogP contribution < -0.4 is 0 Å². The highest BCUT2D eigenvalue weighted by molar-refractivity contribution is 6.05. The molecule has 1 atom stereocenters. The van der Waals surface area contributed by atoms with E-state index in [1.165, 1.54) is 18.5 Å². The third-order valence-corrected chi connectivity index (χ3v) is 3.81. The molecule has 20 heavy (non-hydrogen) atoms. The maximum absolute atomic E-state index is 13.6. The fourth-order valence-electron chi connectivity index (χ4n) is 2.77. The molecule has 1 aliphatic heterocycles. The second-order valence-electron chi connectivity index (χ2n) is 5.36. The van der Waals surface area contributed by atoms with Gasteiger partial charge in [0, 0.05) is 25.7 Å². The van der Waals surface area contributed by atoms with Crippen LogP contribution in [-0.4, -0.2) is 58.4 Å². The van der Waals surface area contributed by atoms with Crippen molar-refractivity contribution in [2.75, 3.05) is 26.7 Å². The van der Waals surface area contributed by atoms with E-state index in [0.717, 1.165) is 13.1 Å². The summed E-state index contributed by atoms with van der Waals surface area (Å²) in [5, 5.41) is 0. The Bertz CT molecular complexity index is 654. The maximum atomic E-state index is 13.6. The van der Waals surface area contributed by atoms with E-state index in [0.29, 0.717) is 23.1 Å². The largest absolute Gasteiger partial charge is 0.344 e. The first-order valence-electron chi connectivity index (χ1n) is 6.68. The minimum Gasteiger partial charge on any atom is -0.344 e. The fraction of sp³-hybridized carbons (Fsp3) is 0.429. The van der Waals surface area contributed by atoms with Crippen molar-refractivity contribution in [1.82, 2.24) is 19.8 Å². The van der Waals surface area contributed by atoms with Gasteiger partial charge in [0.15, 0.2) is 0 Å². The Morgan fingerprint density at radius 2 is 2.25 bits per heavy atom. The summed E-state index contributed by atoms with van der Waals surface area (Å²) in [7, 11) is 2.03. The van der Waals surface area contributed by atoms with Crippen LogP contribution in [0.5, 0.6) is 0 Å². The molecular formula is C14H17FN4O. The zero-order valence-corrected chi connectivity index (χ0v) is 11.6. The lowest BCUT2D eigenvalue weighted by molar-refractivity contribution is 0.0535. The SMILES string of the molecule is CC1CN(C)CCN1C(=O)c1cc(F)cc2[nH]cnc12. The number of halogens is 1. The molecule has 2 heterocycles. The molecule has 0 spiro atoms. The van der Waals surface area contributed by atoms with Crippen LogP contribution in [0.25, 0.3) is 11.0 Å². The van der Waals surface area contributed by atoms with Crippen molar-refractivity contribution in [3.05, 3.63) is 29.8 Å². The predicted octanol–water partition coefficient (Wildman–Crippen LogP) is 1.48. The van der Waals surface area contributed by atoms with Gasteiger partial charge < -0.3 is 14.8 Å². The summed E-state index contributed by atoms with van der Waals surface area (Å²) in [5.41, 5.74) is 1.41. The second-order valence-corrected chi connectivity index (χ2v) is 5.36.